The number of benzene rings is 1. The molecular weight excluding hydrogens is 470 g/mol. The van der Waals surface area contributed by atoms with Crippen molar-refractivity contribution in [3.8, 4) is 34.1 Å². The number of hydrogen-bond acceptors (Lipinski definition) is 8. The topological polar surface area (TPSA) is 92.7 Å². The van der Waals surface area contributed by atoms with Gasteiger partial charge in [0.05, 0.1) is 37.0 Å². The molecule has 3 heterocycles. The molecule has 0 aliphatic carbocycles. The average Bonchev–Trinajstić information content (AvgIpc) is 3.29. The first-order chi connectivity index (χ1) is 17.9. The van der Waals surface area contributed by atoms with Crippen molar-refractivity contribution in [3.63, 3.8) is 0 Å². The third-order valence-corrected chi connectivity index (χ3v) is 6.07. The van der Waals surface area contributed by atoms with E-state index in [2.05, 4.69) is 21.9 Å². The first-order valence-electron chi connectivity index (χ1n) is 13.0. The zero-order valence-electron chi connectivity index (χ0n) is 21.8. The van der Waals surface area contributed by atoms with Crippen LogP contribution in [0.2, 0.25) is 0 Å². The molecular formula is C29H35N3O5. The fourth-order valence-corrected chi connectivity index (χ4v) is 3.98. The third kappa shape index (κ3) is 7.81. The molecule has 1 fully saturated rings. The monoisotopic (exact) mass is 505 g/mol. The van der Waals surface area contributed by atoms with Crippen LogP contribution in [-0.2, 0) is 14.3 Å². The van der Waals surface area contributed by atoms with Gasteiger partial charge in [-0.3, -0.25) is 9.97 Å². The molecule has 0 radical (unpaired) electrons. The van der Waals surface area contributed by atoms with Crippen LogP contribution < -0.4 is 9.47 Å². The van der Waals surface area contributed by atoms with E-state index in [1.165, 1.54) is 32.1 Å². The largest absolute Gasteiger partial charge is 0.478 e. The van der Waals surface area contributed by atoms with E-state index in [1.54, 1.807) is 44.6 Å². The van der Waals surface area contributed by atoms with Gasteiger partial charge in [0.1, 0.15) is 5.75 Å². The Morgan fingerprint density at radius 2 is 1.57 bits per heavy atom. The first-order valence-corrected chi connectivity index (χ1v) is 13.0. The number of unbranched alkanes of at least 4 members (excludes halogenated alkanes) is 5. The Kier molecular flexibility index (Phi) is 9.19. The third-order valence-electron chi connectivity index (χ3n) is 6.07. The zero-order valence-corrected chi connectivity index (χ0v) is 21.8. The predicted octanol–water partition coefficient (Wildman–Crippen LogP) is 6.00. The molecule has 1 aliphatic heterocycles. The van der Waals surface area contributed by atoms with Gasteiger partial charge in [-0.2, -0.15) is 0 Å². The van der Waals surface area contributed by atoms with E-state index >= 15 is 0 Å². The van der Waals surface area contributed by atoms with Crippen molar-refractivity contribution in [2.45, 2.75) is 71.2 Å². The van der Waals surface area contributed by atoms with Crippen LogP contribution in [0.15, 0.2) is 55.0 Å². The van der Waals surface area contributed by atoms with Crippen LogP contribution in [0.25, 0.3) is 22.5 Å². The Balaban J connectivity index is 1.27. The lowest BCUT2D eigenvalue weighted by Crippen LogP contribution is -2.30. The van der Waals surface area contributed by atoms with Crippen LogP contribution in [0.4, 0.5) is 0 Å². The Bertz CT molecular complexity index is 1130. The average molecular weight is 506 g/mol. The first kappa shape index (κ1) is 26.7. The van der Waals surface area contributed by atoms with Crippen molar-refractivity contribution < 1.29 is 23.7 Å². The summed E-state index contributed by atoms with van der Waals surface area (Å²) >= 11 is 0. The Morgan fingerprint density at radius 3 is 2.19 bits per heavy atom. The molecule has 1 aromatic carbocycles. The fourth-order valence-electron chi connectivity index (χ4n) is 3.98. The lowest BCUT2D eigenvalue weighted by Gasteiger charge is -2.16. The number of carbonyl (C=O) groups excluding carboxylic acids is 1. The second-order valence-corrected chi connectivity index (χ2v) is 9.55. The lowest BCUT2D eigenvalue weighted by molar-refractivity contribution is -0.162. The van der Waals surface area contributed by atoms with Gasteiger partial charge < -0.3 is 18.9 Å². The molecule has 8 heteroatoms. The maximum atomic E-state index is 12.3. The number of carbonyl (C=O) groups is 1. The van der Waals surface area contributed by atoms with Gasteiger partial charge in [-0.25, -0.2) is 9.78 Å². The fraction of sp³-hybridized carbons (Fsp3) is 0.448. The van der Waals surface area contributed by atoms with Crippen molar-refractivity contribution in [3.05, 3.63) is 55.0 Å². The number of rotatable bonds is 12. The van der Waals surface area contributed by atoms with Gasteiger partial charge >= 0.3 is 5.97 Å². The highest BCUT2D eigenvalue weighted by Gasteiger charge is 2.38. The van der Waals surface area contributed by atoms with Crippen molar-refractivity contribution in [1.29, 1.82) is 0 Å². The summed E-state index contributed by atoms with van der Waals surface area (Å²) in [5.41, 5.74) is 3.17. The van der Waals surface area contributed by atoms with Gasteiger partial charge in [0, 0.05) is 23.4 Å². The molecule has 1 aliphatic rings. The minimum atomic E-state index is -0.780. The molecule has 0 unspecified atom stereocenters. The summed E-state index contributed by atoms with van der Waals surface area (Å²) in [6.07, 6.45) is 11.8. The highest BCUT2D eigenvalue weighted by molar-refractivity contribution is 5.78. The highest BCUT2D eigenvalue weighted by atomic mass is 16.8. The second kappa shape index (κ2) is 12.7. The van der Waals surface area contributed by atoms with Crippen LogP contribution in [0.1, 0.15) is 59.3 Å². The Morgan fingerprint density at radius 1 is 0.892 bits per heavy atom. The van der Waals surface area contributed by atoms with Gasteiger partial charge in [-0.1, -0.05) is 39.0 Å². The van der Waals surface area contributed by atoms with Crippen LogP contribution in [0.5, 0.6) is 11.6 Å². The van der Waals surface area contributed by atoms with E-state index in [9.17, 15) is 4.79 Å². The second-order valence-electron chi connectivity index (χ2n) is 9.55. The Labute approximate surface area is 218 Å². The van der Waals surface area contributed by atoms with Gasteiger partial charge in [-0.05, 0) is 50.6 Å². The van der Waals surface area contributed by atoms with E-state index in [4.69, 9.17) is 18.9 Å². The number of aromatic nitrogens is 3. The number of hydrogen-bond donors (Lipinski definition) is 0. The molecule has 1 saturated heterocycles. The molecule has 37 heavy (non-hydrogen) atoms. The normalized spacial score (nSPS) is 16.5. The van der Waals surface area contributed by atoms with Crippen molar-refractivity contribution >= 4 is 5.97 Å². The number of nitrogens with zero attached hydrogens (tertiary/aromatic N) is 3. The summed E-state index contributed by atoms with van der Waals surface area (Å²) in [6.45, 7) is 6.62. The van der Waals surface area contributed by atoms with E-state index in [1.807, 2.05) is 24.3 Å². The molecule has 0 N–H and O–H groups in total. The number of esters is 1. The van der Waals surface area contributed by atoms with Crippen molar-refractivity contribution in [1.82, 2.24) is 15.0 Å². The van der Waals surface area contributed by atoms with Gasteiger partial charge in [0.15, 0.2) is 11.9 Å². The molecule has 0 amide bonds. The summed E-state index contributed by atoms with van der Waals surface area (Å²) < 4.78 is 22.1. The minimum absolute atomic E-state index is 0.177. The summed E-state index contributed by atoms with van der Waals surface area (Å²) in [7, 11) is 0. The van der Waals surface area contributed by atoms with Crippen molar-refractivity contribution in [2.75, 3.05) is 13.2 Å². The summed E-state index contributed by atoms with van der Waals surface area (Å²) in [6, 6.07) is 10.9. The van der Waals surface area contributed by atoms with Crippen LogP contribution >= 0.6 is 0 Å². The van der Waals surface area contributed by atoms with Gasteiger partial charge in [0.25, 0.3) is 0 Å². The van der Waals surface area contributed by atoms with Gasteiger partial charge in [0.2, 0.25) is 5.88 Å². The molecule has 0 spiro atoms. The summed E-state index contributed by atoms with van der Waals surface area (Å²) in [5, 5.41) is 0. The molecule has 0 bridgehead atoms. The Hall–Kier alpha value is -3.36. The molecule has 3 aromatic rings. The highest BCUT2D eigenvalue weighted by Crippen LogP contribution is 2.26. The minimum Gasteiger partial charge on any atom is -0.478 e. The summed E-state index contributed by atoms with van der Waals surface area (Å²) in [4.78, 5) is 25.8. The van der Waals surface area contributed by atoms with Crippen LogP contribution in [0.3, 0.4) is 0 Å². The zero-order chi connectivity index (χ0) is 26.1. The summed E-state index contributed by atoms with van der Waals surface area (Å²) in [5.74, 6) is -0.206. The van der Waals surface area contributed by atoms with Crippen molar-refractivity contribution in [2.24, 2.45) is 0 Å². The molecule has 4 rings (SSSR count). The van der Waals surface area contributed by atoms with Gasteiger partial charge in [-0.15, -0.1) is 0 Å². The lowest BCUT2D eigenvalue weighted by atomic mass is 10.1. The smallest absolute Gasteiger partial charge is 0.343 e. The van der Waals surface area contributed by atoms with Crippen LogP contribution in [-0.4, -0.2) is 46.0 Å². The van der Waals surface area contributed by atoms with E-state index in [-0.39, 0.29) is 6.61 Å². The SMILES string of the molecule is CCCCCCCCOc1ccc(-c2cnc(-c3ccc(OC(=O)[C@H]4COC(C)(C)O4)cc3)cn2)cn1. The molecule has 8 nitrogen and oxygen atoms in total. The molecule has 2 aromatic heterocycles. The standard InChI is InChI=1S/C29H35N3O5/c1-4-5-6-7-8-9-16-34-27-15-12-22(17-32-27)25-19-30-24(18-31-25)21-10-13-23(14-11-21)36-28(33)26-20-35-29(2,3)37-26/h10-15,17-19,26H,4-9,16,20H2,1-3H3/t26-/m1/s1. The number of ether oxygens (including phenoxy) is 4. The molecule has 0 saturated carbocycles. The van der Waals surface area contributed by atoms with Crippen LogP contribution in [0, 0.1) is 0 Å². The van der Waals surface area contributed by atoms with E-state index in [0.29, 0.717) is 23.9 Å². The predicted molar refractivity (Wildman–Crippen MR) is 140 cm³/mol. The maximum absolute atomic E-state index is 12.3. The van der Waals surface area contributed by atoms with E-state index in [0.717, 1.165) is 23.2 Å². The number of pyridine rings is 1. The maximum Gasteiger partial charge on any atom is 0.343 e. The molecule has 1 atom stereocenters. The van der Waals surface area contributed by atoms with E-state index < -0.39 is 17.9 Å². The molecule has 196 valence electrons. The quantitative estimate of drug-likeness (QED) is 0.168.